The normalized spacial score (nSPS) is 16.2. The number of nitrogens with one attached hydrogen (secondary N) is 1. The Balaban J connectivity index is 1.98. The van der Waals surface area contributed by atoms with E-state index in [1.54, 1.807) is 24.3 Å². The quantitative estimate of drug-likeness (QED) is 0.630. The predicted octanol–water partition coefficient (Wildman–Crippen LogP) is 3.44. The first-order valence-electron chi connectivity index (χ1n) is 8.44. The second-order valence-corrected chi connectivity index (χ2v) is 6.49. The van der Waals surface area contributed by atoms with E-state index in [1.807, 2.05) is 24.3 Å². The number of amides is 4. The highest BCUT2D eigenvalue weighted by atomic mass is 19.4. The Morgan fingerprint density at radius 1 is 1.00 bits per heavy atom. The summed E-state index contributed by atoms with van der Waals surface area (Å²) in [4.78, 5) is 39.5. The van der Waals surface area contributed by atoms with Crippen molar-refractivity contribution < 1.29 is 27.6 Å². The first-order chi connectivity index (χ1) is 13.6. The average Bonchev–Trinajstić information content (AvgIpc) is 2.65. The fraction of sp³-hybridized carbons (Fsp3) is 0.150. The molecule has 0 aromatic heterocycles. The molecule has 0 radical (unpaired) electrons. The number of imide groups is 2. The fourth-order valence-electron chi connectivity index (χ4n) is 2.75. The first kappa shape index (κ1) is 20.1. The molecule has 1 aliphatic heterocycles. The number of benzene rings is 2. The van der Waals surface area contributed by atoms with Crippen molar-refractivity contribution in [2.75, 3.05) is 23.9 Å². The highest BCUT2D eigenvalue weighted by Gasteiger charge is 2.38. The molecule has 0 atom stereocenters. The maximum absolute atomic E-state index is 13.0. The van der Waals surface area contributed by atoms with Crippen molar-refractivity contribution in [3.8, 4) is 0 Å². The van der Waals surface area contributed by atoms with E-state index in [0.717, 1.165) is 17.8 Å². The summed E-state index contributed by atoms with van der Waals surface area (Å²) in [5, 5.41) is 1.99. The van der Waals surface area contributed by atoms with E-state index in [-0.39, 0.29) is 11.3 Å². The Bertz CT molecular complexity index is 1010. The molecule has 150 valence electrons. The second-order valence-electron chi connectivity index (χ2n) is 6.49. The molecule has 4 amide bonds. The summed E-state index contributed by atoms with van der Waals surface area (Å²) in [7, 11) is 3.70. The van der Waals surface area contributed by atoms with Crippen LogP contribution in [0.3, 0.4) is 0 Å². The third kappa shape index (κ3) is 4.13. The van der Waals surface area contributed by atoms with Gasteiger partial charge in [-0.15, -0.1) is 0 Å². The maximum atomic E-state index is 13.0. The van der Waals surface area contributed by atoms with Crippen LogP contribution < -0.4 is 15.1 Å². The zero-order chi connectivity index (χ0) is 21.3. The molecular formula is C20H16F3N3O3. The number of barbiturate groups is 1. The van der Waals surface area contributed by atoms with Crippen LogP contribution in [0, 0.1) is 0 Å². The smallest absolute Gasteiger partial charge is 0.378 e. The van der Waals surface area contributed by atoms with Gasteiger partial charge >= 0.3 is 12.2 Å². The monoisotopic (exact) mass is 403 g/mol. The minimum Gasteiger partial charge on any atom is -0.378 e. The van der Waals surface area contributed by atoms with E-state index in [2.05, 4.69) is 0 Å². The van der Waals surface area contributed by atoms with Crippen molar-refractivity contribution in [2.45, 2.75) is 6.18 Å². The number of halogens is 3. The Morgan fingerprint density at radius 2 is 1.66 bits per heavy atom. The predicted molar refractivity (Wildman–Crippen MR) is 101 cm³/mol. The lowest BCUT2D eigenvalue weighted by atomic mass is 10.1. The molecule has 29 heavy (non-hydrogen) atoms. The molecule has 0 spiro atoms. The van der Waals surface area contributed by atoms with E-state index < -0.39 is 29.6 Å². The van der Waals surface area contributed by atoms with Crippen molar-refractivity contribution >= 4 is 35.3 Å². The Hall–Kier alpha value is -3.62. The van der Waals surface area contributed by atoms with E-state index in [1.165, 1.54) is 12.1 Å². The van der Waals surface area contributed by atoms with E-state index in [0.29, 0.717) is 16.5 Å². The summed E-state index contributed by atoms with van der Waals surface area (Å²) in [6, 6.07) is 9.55. The number of carbonyl (C=O) groups is 3. The number of hydrogen-bond acceptors (Lipinski definition) is 4. The number of rotatable bonds is 3. The summed E-state index contributed by atoms with van der Waals surface area (Å²) in [5.74, 6) is -1.92. The number of hydrogen-bond donors (Lipinski definition) is 1. The van der Waals surface area contributed by atoms with Gasteiger partial charge in [0.05, 0.1) is 11.3 Å². The summed E-state index contributed by atoms with van der Waals surface area (Å²) in [6.45, 7) is 0. The van der Waals surface area contributed by atoms with E-state index >= 15 is 0 Å². The topological polar surface area (TPSA) is 69.7 Å². The average molecular weight is 403 g/mol. The Labute approximate surface area is 164 Å². The van der Waals surface area contributed by atoms with Gasteiger partial charge in [-0.3, -0.25) is 14.9 Å². The van der Waals surface area contributed by atoms with Gasteiger partial charge in [-0.25, -0.2) is 9.69 Å². The van der Waals surface area contributed by atoms with Gasteiger partial charge in [-0.05, 0) is 42.0 Å². The molecule has 2 aromatic rings. The first-order valence-corrected chi connectivity index (χ1v) is 8.44. The van der Waals surface area contributed by atoms with Crippen molar-refractivity contribution in [3.63, 3.8) is 0 Å². The molecule has 0 unspecified atom stereocenters. The van der Waals surface area contributed by atoms with Crippen molar-refractivity contribution in [1.82, 2.24) is 5.32 Å². The lowest BCUT2D eigenvalue weighted by molar-refractivity contribution is -0.137. The minimum atomic E-state index is -4.64. The molecule has 1 aliphatic rings. The van der Waals surface area contributed by atoms with Crippen LogP contribution in [0.2, 0.25) is 0 Å². The van der Waals surface area contributed by atoms with Crippen LogP contribution in [0.4, 0.5) is 29.3 Å². The Morgan fingerprint density at radius 3 is 2.24 bits per heavy atom. The number of carbonyl (C=O) groups excluding carboxylic acids is 3. The van der Waals surface area contributed by atoms with Gasteiger partial charge in [-0.1, -0.05) is 18.2 Å². The van der Waals surface area contributed by atoms with Crippen LogP contribution in [0.1, 0.15) is 11.1 Å². The summed E-state index contributed by atoms with van der Waals surface area (Å²) in [5.41, 5.74) is -0.250. The zero-order valence-electron chi connectivity index (χ0n) is 15.4. The molecule has 9 heteroatoms. The minimum absolute atomic E-state index is 0.288. The summed E-state index contributed by atoms with van der Waals surface area (Å²) >= 11 is 0. The second kappa shape index (κ2) is 7.42. The maximum Gasteiger partial charge on any atom is 0.416 e. The van der Waals surface area contributed by atoms with Crippen LogP contribution in [0.5, 0.6) is 0 Å². The molecule has 3 rings (SSSR count). The third-order valence-electron chi connectivity index (χ3n) is 4.25. The third-order valence-corrected chi connectivity index (χ3v) is 4.25. The number of nitrogens with zero attached hydrogens (tertiary/aromatic N) is 2. The molecule has 2 aromatic carbocycles. The highest BCUT2D eigenvalue weighted by molar-refractivity contribution is 6.39. The van der Waals surface area contributed by atoms with Crippen LogP contribution in [-0.2, 0) is 15.8 Å². The van der Waals surface area contributed by atoms with Crippen LogP contribution in [0.25, 0.3) is 6.08 Å². The van der Waals surface area contributed by atoms with Gasteiger partial charge in [0.15, 0.2) is 0 Å². The number of urea groups is 1. The van der Waals surface area contributed by atoms with Crippen LogP contribution >= 0.6 is 0 Å². The molecule has 0 bridgehead atoms. The summed E-state index contributed by atoms with van der Waals surface area (Å²) < 4.78 is 38.9. The van der Waals surface area contributed by atoms with E-state index in [9.17, 15) is 27.6 Å². The fourth-order valence-corrected chi connectivity index (χ4v) is 2.75. The van der Waals surface area contributed by atoms with Gasteiger partial charge in [0.2, 0.25) is 0 Å². The summed E-state index contributed by atoms with van der Waals surface area (Å²) in [6.07, 6.45) is -3.36. The molecule has 6 nitrogen and oxygen atoms in total. The Kier molecular flexibility index (Phi) is 5.15. The molecule has 1 heterocycles. The van der Waals surface area contributed by atoms with Gasteiger partial charge in [0, 0.05) is 19.8 Å². The van der Waals surface area contributed by atoms with Crippen molar-refractivity contribution in [2.24, 2.45) is 0 Å². The zero-order valence-corrected chi connectivity index (χ0v) is 15.4. The molecule has 1 saturated heterocycles. The number of anilines is 2. The molecule has 0 saturated carbocycles. The van der Waals surface area contributed by atoms with Gasteiger partial charge in [0.1, 0.15) is 5.57 Å². The molecule has 1 N–H and O–H groups in total. The van der Waals surface area contributed by atoms with E-state index in [4.69, 9.17) is 0 Å². The van der Waals surface area contributed by atoms with Gasteiger partial charge in [-0.2, -0.15) is 13.2 Å². The SMILES string of the molecule is CN(C)c1ccc(/C=C2\C(=O)NC(=O)N(c3cccc(C(F)(F)F)c3)C2=O)cc1. The number of alkyl halides is 3. The standard InChI is InChI=1S/C20H16F3N3O3/c1-25(2)14-8-6-12(7-9-14)10-16-17(27)24-19(29)26(18(16)28)15-5-3-4-13(11-15)20(21,22)23/h3-11H,1-2H3,(H,24,27,29)/b16-10+. The molecule has 1 fully saturated rings. The lowest BCUT2D eigenvalue weighted by Crippen LogP contribution is -2.54. The molecular weight excluding hydrogens is 387 g/mol. The van der Waals surface area contributed by atoms with Crippen molar-refractivity contribution in [3.05, 3.63) is 65.2 Å². The van der Waals surface area contributed by atoms with Gasteiger partial charge in [0.25, 0.3) is 11.8 Å². The van der Waals surface area contributed by atoms with Crippen LogP contribution in [-0.4, -0.2) is 31.9 Å². The highest BCUT2D eigenvalue weighted by Crippen LogP contribution is 2.32. The largest absolute Gasteiger partial charge is 0.416 e. The molecule has 0 aliphatic carbocycles. The van der Waals surface area contributed by atoms with Crippen molar-refractivity contribution in [1.29, 1.82) is 0 Å². The van der Waals surface area contributed by atoms with Crippen LogP contribution in [0.15, 0.2) is 54.1 Å². The van der Waals surface area contributed by atoms with Gasteiger partial charge < -0.3 is 4.90 Å². The lowest BCUT2D eigenvalue weighted by Gasteiger charge is -2.26.